The molecule has 6 nitrogen and oxygen atoms in total. The molecule has 1 amide bonds. The molecule has 0 aliphatic carbocycles. The number of carbonyl (C=O) groups is 1. The van der Waals surface area contributed by atoms with Crippen molar-refractivity contribution in [3.05, 3.63) is 64.7 Å². The van der Waals surface area contributed by atoms with Crippen molar-refractivity contribution < 1.29 is 9.53 Å². The molecule has 2 bridgehead atoms. The van der Waals surface area contributed by atoms with Gasteiger partial charge in [-0.05, 0) is 36.6 Å². The number of aromatic nitrogens is 2. The minimum atomic E-state index is 0.0758. The number of piperidine rings is 1. The third-order valence-corrected chi connectivity index (χ3v) is 6.39. The van der Waals surface area contributed by atoms with Crippen molar-refractivity contribution in [1.29, 1.82) is 0 Å². The zero-order valence-electron chi connectivity index (χ0n) is 16.6. The SMILES string of the molecule is COc1cccc2c1ccn2CCC(=O)N1CC2CC(C1)c1cccc(=O)n1C2. The molecule has 0 radical (unpaired) electrons. The largest absolute Gasteiger partial charge is 0.496 e. The molecule has 1 aromatic carbocycles. The van der Waals surface area contributed by atoms with E-state index in [1.54, 1.807) is 13.2 Å². The molecule has 6 heteroatoms. The predicted molar refractivity (Wildman–Crippen MR) is 111 cm³/mol. The van der Waals surface area contributed by atoms with Crippen molar-refractivity contribution in [2.24, 2.45) is 5.92 Å². The first-order chi connectivity index (χ1) is 14.1. The van der Waals surface area contributed by atoms with Gasteiger partial charge in [0.05, 0.1) is 12.6 Å². The molecule has 0 N–H and O–H groups in total. The summed E-state index contributed by atoms with van der Waals surface area (Å²) in [6.07, 6.45) is 3.56. The summed E-state index contributed by atoms with van der Waals surface area (Å²) < 4.78 is 9.45. The maximum Gasteiger partial charge on any atom is 0.250 e. The van der Waals surface area contributed by atoms with E-state index >= 15 is 0 Å². The van der Waals surface area contributed by atoms with Gasteiger partial charge >= 0.3 is 0 Å². The number of likely N-dealkylation sites (tertiary alicyclic amines) is 1. The van der Waals surface area contributed by atoms with E-state index < -0.39 is 0 Å². The van der Waals surface area contributed by atoms with Gasteiger partial charge in [-0.2, -0.15) is 0 Å². The molecule has 1 saturated heterocycles. The highest BCUT2D eigenvalue weighted by atomic mass is 16.5. The van der Waals surface area contributed by atoms with Crippen LogP contribution in [0.4, 0.5) is 0 Å². The van der Waals surface area contributed by atoms with E-state index in [2.05, 4.69) is 10.6 Å². The van der Waals surface area contributed by atoms with Crippen LogP contribution >= 0.6 is 0 Å². The summed E-state index contributed by atoms with van der Waals surface area (Å²) in [5, 5.41) is 1.07. The molecule has 2 aliphatic heterocycles. The van der Waals surface area contributed by atoms with Crippen LogP contribution in [0.25, 0.3) is 10.9 Å². The normalized spacial score (nSPS) is 20.5. The highest BCUT2D eigenvalue weighted by molar-refractivity contribution is 5.86. The van der Waals surface area contributed by atoms with Crippen molar-refractivity contribution >= 4 is 16.8 Å². The molecule has 4 heterocycles. The molecule has 3 aromatic rings. The average molecular weight is 391 g/mol. The lowest BCUT2D eigenvalue weighted by Gasteiger charge is -2.42. The molecule has 1 fully saturated rings. The fraction of sp³-hybridized carbons (Fsp3) is 0.391. The molecular formula is C23H25N3O3. The Morgan fingerprint density at radius 1 is 1.10 bits per heavy atom. The topological polar surface area (TPSA) is 56.5 Å². The number of benzene rings is 1. The molecular weight excluding hydrogens is 366 g/mol. The molecule has 5 rings (SSSR count). The second-order valence-corrected chi connectivity index (χ2v) is 8.15. The lowest BCUT2D eigenvalue weighted by atomic mass is 9.83. The summed E-state index contributed by atoms with van der Waals surface area (Å²) in [4.78, 5) is 27.2. The van der Waals surface area contributed by atoms with E-state index in [0.717, 1.165) is 41.9 Å². The molecule has 29 heavy (non-hydrogen) atoms. The lowest BCUT2D eigenvalue weighted by Crippen LogP contribution is -2.49. The third-order valence-electron chi connectivity index (χ3n) is 6.39. The number of hydrogen-bond donors (Lipinski definition) is 0. The summed E-state index contributed by atoms with van der Waals surface area (Å²) in [7, 11) is 1.68. The number of hydrogen-bond acceptors (Lipinski definition) is 3. The molecule has 0 saturated carbocycles. The van der Waals surface area contributed by atoms with E-state index in [1.165, 1.54) is 0 Å². The van der Waals surface area contributed by atoms with Gasteiger partial charge in [-0.1, -0.05) is 12.1 Å². The van der Waals surface area contributed by atoms with Crippen LogP contribution in [-0.2, 0) is 17.9 Å². The van der Waals surface area contributed by atoms with Crippen molar-refractivity contribution in [1.82, 2.24) is 14.0 Å². The van der Waals surface area contributed by atoms with Crippen LogP contribution in [0, 0.1) is 5.92 Å². The van der Waals surface area contributed by atoms with E-state index in [0.29, 0.717) is 25.4 Å². The average Bonchev–Trinajstić information content (AvgIpc) is 3.16. The van der Waals surface area contributed by atoms with Crippen molar-refractivity contribution in [2.75, 3.05) is 20.2 Å². The van der Waals surface area contributed by atoms with Gasteiger partial charge in [0.1, 0.15) is 5.75 Å². The third kappa shape index (κ3) is 3.12. The summed E-state index contributed by atoms with van der Waals surface area (Å²) in [6, 6.07) is 13.5. The first kappa shape index (κ1) is 18.0. The van der Waals surface area contributed by atoms with Gasteiger partial charge in [-0.3, -0.25) is 9.59 Å². The fourth-order valence-electron chi connectivity index (χ4n) is 5.04. The highest BCUT2D eigenvalue weighted by Gasteiger charge is 2.35. The predicted octanol–water partition coefficient (Wildman–Crippen LogP) is 2.85. The van der Waals surface area contributed by atoms with Crippen molar-refractivity contribution in [2.45, 2.75) is 31.8 Å². The molecule has 2 atom stereocenters. The monoisotopic (exact) mass is 391 g/mol. The van der Waals surface area contributed by atoms with Gasteiger partial charge < -0.3 is 18.8 Å². The van der Waals surface area contributed by atoms with Gasteiger partial charge in [0, 0.05) is 61.9 Å². The second-order valence-electron chi connectivity index (χ2n) is 8.15. The van der Waals surface area contributed by atoms with Gasteiger partial charge in [0.2, 0.25) is 5.91 Å². The number of carbonyl (C=O) groups excluding carboxylic acids is 1. The summed E-state index contributed by atoms with van der Waals surface area (Å²) in [6.45, 7) is 2.82. The molecule has 2 aliphatic rings. The number of nitrogens with zero attached hydrogens (tertiary/aromatic N) is 3. The second kappa shape index (κ2) is 7.10. The Morgan fingerprint density at radius 2 is 1.97 bits per heavy atom. The fourth-order valence-corrected chi connectivity index (χ4v) is 5.04. The number of amides is 1. The minimum absolute atomic E-state index is 0.0758. The Bertz CT molecular complexity index is 1130. The van der Waals surface area contributed by atoms with Crippen LogP contribution in [0.2, 0.25) is 0 Å². The quantitative estimate of drug-likeness (QED) is 0.687. The molecule has 2 unspecified atom stereocenters. The van der Waals surface area contributed by atoms with Gasteiger partial charge in [0.25, 0.3) is 5.56 Å². The standard InChI is InChI=1S/C23H25N3O3/c1-29-21-6-2-5-20-18(21)8-10-24(20)11-9-22(27)25-13-16-12-17(15-25)19-4-3-7-23(28)26(19)14-16/h2-8,10,16-17H,9,11-15H2,1H3. The number of rotatable bonds is 4. The summed E-state index contributed by atoms with van der Waals surface area (Å²) >= 11 is 0. The van der Waals surface area contributed by atoms with E-state index in [1.807, 2.05) is 46.0 Å². The van der Waals surface area contributed by atoms with Gasteiger partial charge in [-0.15, -0.1) is 0 Å². The Balaban J connectivity index is 1.30. The number of fused-ring (bicyclic) bond motifs is 5. The zero-order chi connectivity index (χ0) is 20.0. The lowest BCUT2D eigenvalue weighted by molar-refractivity contribution is -0.134. The Labute approximate surface area is 169 Å². The molecule has 0 spiro atoms. The van der Waals surface area contributed by atoms with E-state index in [4.69, 9.17) is 4.74 Å². The van der Waals surface area contributed by atoms with Crippen LogP contribution in [0.5, 0.6) is 5.75 Å². The van der Waals surface area contributed by atoms with Crippen LogP contribution in [-0.4, -0.2) is 40.1 Å². The highest BCUT2D eigenvalue weighted by Crippen LogP contribution is 2.35. The maximum atomic E-state index is 13.0. The Kier molecular flexibility index (Phi) is 4.42. The number of pyridine rings is 1. The van der Waals surface area contributed by atoms with Crippen molar-refractivity contribution in [3.63, 3.8) is 0 Å². The number of methoxy groups -OCH3 is 1. The van der Waals surface area contributed by atoms with Crippen LogP contribution in [0.15, 0.2) is 53.5 Å². The minimum Gasteiger partial charge on any atom is -0.496 e. The molecule has 2 aromatic heterocycles. The maximum absolute atomic E-state index is 13.0. The zero-order valence-corrected chi connectivity index (χ0v) is 16.6. The van der Waals surface area contributed by atoms with E-state index in [9.17, 15) is 9.59 Å². The number of aryl methyl sites for hydroxylation is 1. The summed E-state index contributed by atoms with van der Waals surface area (Å²) in [5.74, 6) is 1.67. The first-order valence-corrected chi connectivity index (χ1v) is 10.2. The first-order valence-electron chi connectivity index (χ1n) is 10.2. The van der Waals surface area contributed by atoms with Crippen molar-refractivity contribution in [3.8, 4) is 5.75 Å². The van der Waals surface area contributed by atoms with Crippen LogP contribution in [0.1, 0.15) is 24.5 Å². The van der Waals surface area contributed by atoms with Gasteiger partial charge in [0.15, 0.2) is 0 Å². The van der Waals surface area contributed by atoms with Crippen LogP contribution < -0.4 is 10.3 Å². The Hall–Kier alpha value is -3.02. The molecule has 150 valence electrons. The summed E-state index contributed by atoms with van der Waals surface area (Å²) in [5.41, 5.74) is 2.24. The number of ether oxygens (including phenoxy) is 1. The van der Waals surface area contributed by atoms with Gasteiger partial charge in [-0.25, -0.2) is 0 Å². The smallest absolute Gasteiger partial charge is 0.250 e. The van der Waals surface area contributed by atoms with E-state index in [-0.39, 0.29) is 17.4 Å². The Morgan fingerprint density at radius 3 is 2.83 bits per heavy atom. The van der Waals surface area contributed by atoms with Crippen LogP contribution in [0.3, 0.4) is 0 Å².